The lowest BCUT2D eigenvalue weighted by Crippen LogP contribution is -2.47. The van der Waals surface area contributed by atoms with Gasteiger partial charge in [-0.3, -0.25) is 9.59 Å². The average Bonchev–Trinajstić information content (AvgIpc) is 3.24. The first-order valence-electron chi connectivity index (χ1n) is 9.77. The molecule has 1 aromatic heterocycles. The van der Waals surface area contributed by atoms with E-state index in [1.54, 1.807) is 17.4 Å². The minimum atomic E-state index is -0.655. The van der Waals surface area contributed by atoms with E-state index in [0.29, 0.717) is 11.3 Å². The van der Waals surface area contributed by atoms with E-state index in [0.717, 1.165) is 16.0 Å². The van der Waals surface area contributed by atoms with Gasteiger partial charge in [-0.2, -0.15) is 0 Å². The number of benzene rings is 2. The fourth-order valence-electron chi connectivity index (χ4n) is 2.96. The van der Waals surface area contributed by atoms with E-state index in [1.165, 1.54) is 0 Å². The van der Waals surface area contributed by atoms with Gasteiger partial charge in [-0.15, -0.1) is 11.3 Å². The smallest absolute Gasteiger partial charge is 0.252 e. The molecule has 1 atom stereocenters. The summed E-state index contributed by atoms with van der Waals surface area (Å²) in [7, 11) is 0. The van der Waals surface area contributed by atoms with E-state index in [2.05, 4.69) is 22.5 Å². The summed E-state index contributed by atoms with van der Waals surface area (Å²) in [6.07, 6.45) is 0. The molecule has 0 aliphatic rings. The molecule has 5 heteroatoms. The number of aryl methyl sites for hydroxylation is 1. The Hall–Kier alpha value is -3.36. The Kier molecular flexibility index (Phi) is 7.05. The molecule has 0 saturated carbocycles. The van der Waals surface area contributed by atoms with Gasteiger partial charge in [-0.1, -0.05) is 56.0 Å². The number of hydrogen-bond acceptors (Lipinski definition) is 3. The molecule has 152 valence electrons. The van der Waals surface area contributed by atoms with Crippen LogP contribution in [0.4, 0.5) is 5.69 Å². The molecule has 0 fully saturated rings. The predicted octanol–water partition coefficient (Wildman–Crippen LogP) is 4.85. The Labute approximate surface area is 181 Å². The third-order valence-electron chi connectivity index (χ3n) is 4.61. The Morgan fingerprint density at radius 2 is 1.77 bits per heavy atom. The number of nitrogens with one attached hydrogen (secondary N) is 2. The van der Waals surface area contributed by atoms with Gasteiger partial charge in [-0.25, -0.2) is 0 Å². The van der Waals surface area contributed by atoms with Crippen molar-refractivity contribution in [2.24, 2.45) is 5.92 Å². The molecule has 0 aliphatic carbocycles. The Balaban J connectivity index is 1.71. The zero-order chi connectivity index (χ0) is 21.5. The highest BCUT2D eigenvalue weighted by Gasteiger charge is 2.25. The second-order valence-electron chi connectivity index (χ2n) is 7.31. The van der Waals surface area contributed by atoms with Crippen LogP contribution < -0.4 is 10.6 Å². The fraction of sp³-hybridized carbons (Fsp3) is 0.200. The van der Waals surface area contributed by atoms with Crippen molar-refractivity contribution in [3.05, 3.63) is 87.6 Å². The van der Waals surface area contributed by atoms with Gasteiger partial charge in [0.2, 0.25) is 5.91 Å². The van der Waals surface area contributed by atoms with E-state index in [1.807, 2.05) is 80.7 Å². The number of rotatable bonds is 5. The highest BCUT2D eigenvalue weighted by atomic mass is 32.1. The van der Waals surface area contributed by atoms with E-state index in [9.17, 15) is 9.59 Å². The van der Waals surface area contributed by atoms with Crippen molar-refractivity contribution in [2.45, 2.75) is 26.8 Å². The minimum Gasteiger partial charge on any atom is -0.340 e. The van der Waals surface area contributed by atoms with Crippen molar-refractivity contribution in [1.29, 1.82) is 0 Å². The first-order chi connectivity index (χ1) is 14.4. The van der Waals surface area contributed by atoms with Crippen LogP contribution in [0.25, 0.3) is 0 Å². The summed E-state index contributed by atoms with van der Waals surface area (Å²) in [5.41, 5.74) is 2.90. The molecule has 4 nitrogen and oxygen atoms in total. The molecule has 3 aromatic rings. The van der Waals surface area contributed by atoms with E-state index >= 15 is 0 Å². The fourth-order valence-corrected chi connectivity index (χ4v) is 3.53. The van der Waals surface area contributed by atoms with E-state index in [4.69, 9.17) is 0 Å². The number of hydrogen-bond donors (Lipinski definition) is 2. The lowest BCUT2D eigenvalue weighted by Gasteiger charge is -2.22. The van der Waals surface area contributed by atoms with Crippen LogP contribution in [0.5, 0.6) is 0 Å². The lowest BCUT2D eigenvalue weighted by molar-refractivity contribution is -0.118. The van der Waals surface area contributed by atoms with E-state index < -0.39 is 6.04 Å². The highest BCUT2D eigenvalue weighted by molar-refractivity contribution is 7.10. The summed E-state index contributed by atoms with van der Waals surface area (Å²) < 4.78 is 0. The van der Waals surface area contributed by atoms with Crippen molar-refractivity contribution >= 4 is 28.8 Å². The van der Waals surface area contributed by atoms with Gasteiger partial charge < -0.3 is 10.6 Å². The van der Waals surface area contributed by atoms with Gasteiger partial charge in [0.25, 0.3) is 5.91 Å². The molecule has 2 N–H and O–H groups in total. The molecule has 1 heterocycles. The third-order valence-corrected chi connectivity index (χ3v) is 5.39. The van der Waals surface area contributed by atoms with Crippen molar-refractivity contribution in [2.75, 3.05) is 5.32 Å². The second kappa shape index (κ2) is 9.91. The molecule has 0 bridgehead atoms. The average molecular weight is 417 g/mol. The molecular formula is C25H24N2O2S. The zero-order valence-corrected chi connectivity index (χ0v) is 18.0. The molecule has 0 aliphatic heterocycles. The molecule has 3 rings (SSSR count). The van der Waals surface area contributed by atoms with Crippen LogP contribution >= 0.6 is 11.3 Å². The van der Waals surface area contributed by atoms with Crippen molar-refractivity contribution in [3.63, 3.8) is 0 Å². The van der Waals surface area contributed by atoms with Crippen LogP contribution in [0, 0.1) is 24.7 Å². The Morgan fingerprint density at radius 1 is 0.967 bits per heavy atom. The molecule has 30 heavy (non-hydrogen) atoms. The molecular weight excluding hydrogens is 392 g/mol. The first kappa shape index (κ1) is 21.4. The summed E-state index contributed by atoms with van der Waals surface area (Å²) in [5.74, 6) is 5.65. The van der Waals surface area contributed by atoms with Crippen LogP contribution in [0.2, 0.25) is 0 Å². The maximum Gasteiger partial charge on any atom is 0.252 e. The van der Waals surface area contributed by atoms with Crippen molar-refractivity contribution in [1.82, 2.24) is 5.32 Å². The lowest BCUT2D eigenvalue weighted by atomic mass is 10.0. The van der Waals surface area contributed by atoms with Gasteiger partial charge in [0.15, 0.2) is 0 Å². The third kappa shape index (κ3) is 5.59. The molecule has 1 unspecified atom stereocenters. The topological polar surface area (TPSA) is 58.2 Å². The zero-order valence-electron chi connectivity index (χ0n) is 17.2. The summed E-state index contributed by atoms with van der Waals surface area (Å²) in [4.78, 5) is 26.6. The van der Waals surface area contributed by atoms with Crippen LogP contribution in [0.1, 0.15) is 40.2 Å². The molecule has 0 spiro atoms. The predicted molar refractivity (Wildman–Crippen MR) is 123 cm³/mol. The quantitative estimate of drug-likeness (QED) is 0.584. The van der Waals surface area contributed by atoms with Crippen LogP contribution in [-0.2, 0) is 4.79 Å². The number of carbonyl (C=O) groups is 2. The summed E-state index contributed by atoms with van der Waals surface area (Å²) in [6, 6.07) is 18.0. The number of anilines is 1. The van der Waals surface area contributed by atoms with Crippen LogP contribution in [-0.4, -0.2) is 17.9 Å². The maximum absolute atomic E-state index is 12.9. The minimum absolute atomic E-state index is 0.0697. The second-order valence-corrected chi connectivity index (χ2v) is 8.26. The highest BCUT2D eigenvalue weighted by Crippen LogP contribution is 2.14. The van der Waals surface area contributed by atoms with Crippen molar-refractivity contribution < 1.29 is 9.59 Å². The summed E-state index contributed by atoms with van der Waals surface area (Å²) in [6.45, 7) is 5.69. The standard InChI is InChI=1S/C25H24N2O2S/c1-17(2)23(27-24(28)22-12-5-4-8-18(22)3)25(29)26-20-10-6-9-19(16-20)13-14-21-11-7-15-30-21/h4-12,15-17,23H,1-3H3,(H,26,29)(H,27,28). The van der Waals surface area contributed by atoms with Gasteiger partial charge in [0, 0.05) is 16.8 Å². The SMILES string of the molecule is Cc1ccccc1C(=O)NC(C(=O)Nc1cccc(C#Cc2cccs2)c1)C(C)C. The first-order valence-corrected chi connectivity index (χ1v) is 10.6. The maximum atomic E-state index is 12.9. The number of carbonyl (C=O) groups excluding carboxylic acids is 2. The monoisotopic (exact) mass is 416 g/mol. The molecule has 0 saturated heterocycles. The van der Waals surface area contributed by atoms with Crippen LogP contribution in [0.3, 0.4) is 0 Å². The summed E-state index contributed by atoms with van der Waals surface area (Å²) >= 11 is 1.59. The molecule has 2 amide bonds. The van der Waals surface area contributed by atoms with E-state index in [-0.39, 0.29) is 17.7 Å². The number of thiophene rings is 1. The van der Waals surface area contributed by atoms with Crippen LogP contribution in [0.15, 0.2) is 66.0 Å². The van der Waals surface area contributed by atoms with Gasteiger partial charge >= 0.3 is 0 Å². The normalized spacial score (nSPS) is 11.3. The molecule has 0 radical (unpaired) electrons. The van der Waals surface area contributed by atoms with Gasteiger partial charge in [-0.05, 0) is 54.1 Å². The van der Waals surface area contributed by atoms with Gasteiger partial charge in [0.05, 0.1) is 4.88 Å². The Morgan fingerprint density at radius 3 is 2.47 bits per heavy atom. The van der Waals surface area contributed by atoms with Crippen molar-refractivity contribution in [3.8, 4) is 11.8 Å². The summed E-state index contributed by atoms with van der Waals surface area (Å²) in [5, 5.41) is 7.77. The Bertz CT molecular complexity index is 1090. The van der Waals surface area contributed by atoms with Gasteiger partial charge in [0.1, 0.15) is 6.04 Å². The molecule has 2 aromatic carbocycles. The largest absolute Gasteiger partial charge is 0.340 e. The number of amides is 2.